The minimum absolute atomic E-state index is 0.0383. The van der Waals surface area contributed by atoms with Crippen LogP contribution >= 0.6 is 0 Å². The van der Waals surface area contributed by atoms with Gasteiger partial charge in [0.25, 0.3) is 0 Å². The number of ketones is 1. The number of methoxy groups -OCH3 is 1. The largest absolute Gasteiger partial charge is 0.381 e. The highest BCUT2D eigenvalue weighted by Crippen LogP contribution is 2.34. The van der Waals surface area contributed by atoms with Crippen LogP contribution in [0.1, 0.15) is 49.7 Å². The molecule has 0 saturated heterocycles. The van der Waals surface area contributed by atoms with Crippen LogP contribution in [-0.4, -0.2) is 19.0 Å². The van der Waals surface area contributed by atoms with Crippen LogP contribution in [0.15, 0.2) is 24.3 Å². The molecule has 0 bridgehead atoms. The summed E-state index contributed by atoms with van der Waals surface area (Å²) in [5, 5.41) is 0. The Labute approximate surface area is 109 Å². The minimum atomic E-state index is 0.0383. The first-order chi connectivity index (χ1) is 8.70. The molecule has 2 heteroatoms. The SMILES string of the molecule is COC(C)CC(=O)CC1CCCc2ccccc21. The van der Waals surface area contributed by atoms with E-state index in [9.17, 15) is 4.79 Å². The van der Waals surface area contributed by atoms with Gasteiger partial charge in [-0.15, -0.1) is 0 Å². The van der Waals surface area contributed by atoms with Gasteiger partial charge in [-0.2, -0.15) is 0 Å². The Morgan fingerprint density at radius 1 is 1.44 bits per heavy atom. The molecular weight excluding hydrogens is 224 g/mol. The molecule has 98 valence electrons. The highest BCUT2D eigenvalue weighted by atomic mass is 16.5. The fourth-order valence-electron chi connectivity index (χ4n) is 2.83. The van der Waals surface area contributed by atoms with E-state index in [1.807, 2.05) is 6.92 Å². The summed E-state index contributed by atoms with van der Waals surface area (Å²) in [6.07, 6.45) is 4.75. The second kappa shape index (κ2) is 6.14. The third-order valence-electron chi connectivity index (χ3n) is 3.89. The summed E-state index contributed by atoms with van der Waals surface area (Å²) in [4.78, 5) is 12.0. The standard InChI is InChI=1S/C16H22O2/c1-12(18-2)10-15(17)11-14-8-5-7-13-6-3-4-9-16(13)14/h3-4,6,9,12,14H,5,7-8,10-11H2,1-2H3. The molecule has 0 aliphatic heterocycles. The average Bonchev–Trinajstić information content (AvgIpc) is 2.39. The van der Waals surface area contributed by atoms with E-state index < -0.39 is 0 Å². The van der Waals surface area contributed by atoms with E-state index in [0.717, 1.165) is 12.8 Å². The average molecular weight is 246 g/mol. The third-order valence-corrected chi connectivity index (χ3v) is 3.89. The van der Waals surface area contributed by atoms with Gasteiger partial charge in [-0.3, -0.25) is 4.79 Å². The van der Waals surface area contributed by atoms with E-state index >= 15 is 0 Å². The van der Waals surface area contributed by atoms with E-state index in [1.54, 1.807) is 7.11 Å². The Morgan fingerprint density at radius 2 is 2.22 bits per heavy atom. The monoisotopic (exact) mass is 246 g/mol. The van der Waals surface area contributed by atoms with E-state index in [-0.39, 0.29) is 6.10 Å². The van der Waals surface area contributed by atoms with E-state index in [0.29, 0.717) is 24.5 Å². The molecule has 0 saturated carbocycles. The van der Waals surface area contributed by atoms with Crippen LogP contribution in [0.4, 0.5) is 0 Å². The Hall–Kier alpha value is -1.15. The predicted octanol–water partition coefficient (Wildman–Crippen LogP) is 3.49. The van der Waals surface area contributed by atoms with Gasteiger partial charge in [-0.05, 0) is 43.2 Å². The molecule has 1 aromatic carbocycles. The van der Waals surface area contributed by atoms with E-state index in [4.69, 9.17) is 4.74 Å². The molecule has 1 aliphatic rings. The zero-order valence-electron chi connectivity index (χ0n) is 11.3. The van der Waals surface area contributed by atoms with Gasteiger partial charge in [0, 0.05) is 20.0 Å². The molecule has 0 aromatic heterocycles. The number of rotatable bonds is 5. The molecule has 2 unspecified atom stereocenters. The van der Waals surface area contributed by atoms with Crippen molar-refractivity contribution in [1.29, 1.82) is 0 Å². The quantitative estimate of drug-likeness (QED) is 0.795. The van der Waals surface area contributed by atoms with Crippen molar-refractivity contribution in [3.8, 4) is 0 Å². The minimum Gasteiger partial charge on any atom is -0.381 e. The lowest BCUT2D eigenvalue weighted by Crippen LogP contribution is -2.17. The van der Waals surface area contributed by atoms with Crippen LogP contribution < -0.4 is 0 Å². The first kappa shape index (κ1) is 13.3. The van der Waals surface area contributed by atoms with Gasteiger partial charge in [0.05, 0.1) is 6.10 Å². The maximum atomic E-state index is 12.0. The first-order valence-electron chi connectivity index (χ1n) is 6.83. The van der Waals surface area contributed by atoms with Crippen molar-refractivity contribution >= 4 is 5.78 Å². The lowest BCUT2D eigenvalue weighted by molar-refractivity contribution is -0.121. The number of Topliss-reactive ketones (excluding diaryl/α,β-unsaturated/α-hetero) is 1. The second-order valence-electron chi connectivity index (χ2n) is 5.28. The molecule has 2 rings (SSSR count). The van der Waals surface area contributed by atoms with Crippen molar-refractivity contribution in [3.05, 3.63) is 35.4 Å². The van der Waals surface area contributed by atoms with Crippen molar-refractivity contribution in [2.24, 2.45) is 0 Å². The van der Waals surface area contributed by atoms with Crippen LogP contribution in [-0.2, 0) is 16.0 Å². The topological polar surface area (TPSA) is 26.3 Å². The van der Waals surface area contributed by atoms with Crippen molar-refractivity contribution in [3.63, 3.8) is 0 Å². The van der Waals surface area contributed by atoms with Gasteiger partial charge in [0.1, 0.15) is 5.78 Å². The summed E-state index contributed by atoms with van der Waals surface area (Å²) in [5.74, 6) is 0.748. The first-order valence-corrected chi connectivity index (χ1v) is 6.83. The number of aryl methyl sites for hydroxylation is 1. The molecule has 0 heterocycles. The summed E-state index contributed by atoms with van der Waals surface area (Å²) in [5.41, 5.74) is 2.82. The molecule has 0 amide bonds. The molecule has 2 nitrogen and oxygen atoms in total. The molecular formula is C16H22O2. The smallest absolute Gasteiger partial charge is 0.136 e. The Bertz CT molecular complexity index is 411. The molecule has 0 fully saturated rings. The van der Waals surface area contributed by atoms with Crippen LogP contribution in [0, 0.1) is 0 Å². The summed E-state index contributed by atoms with van der Waals surface area (Å²) in [6.45, 7) is 1.95. The summed E-state index contributed by atoms with van der Waals surface area (Å²) in [6, 6.07) is 8.56. The van der Waals surface area contributed by atoms with E-state index in [2.05, 4.69) is 24.3 Å². The molecule has 0 radical (unpaired) electrons. The van der Waals surface area contributed by atoms with Crippen LogP contribution in [0.2, 0.25) is 0 Å². The Morgan fingerprint density at radius 3 is 3.00 bits per heavy atom. The second-order valence-corrected chi connectivity index (χ2v) is 5.28. The van der Waals surface area contributed by atoms with Gasteiger partial charge >= 0.3 is 0 Å². The maximum Gasteiger partial charge on any atom is 0.136 e. The van der Waals surface area contributed by atoms with Crippen LogP contribution in [0.25, 0.3) is 0 Å². The van der Waals surface area contributed by atoms with E-state index in [1.165, 1.54) is 17.5 Å². The predicted molar refractivity (Wildman–Crippen MR) is 72.8 cm³/mol. The highest BCUT2D eigenvalue weighted by molar-refractivity contribution is 5.79. The number of hydrogen-bond acceptors (Lipinski definition) is 2. The normalized spacial score (nSPS) is 20.2. The van der Waals surface area contributed by atoms with Gasteiger partial charge < -0.3 is 4.74 Å². The van der Waals surface area contributed by atoms with Gasteiger partial charge in [0.2, 0.25) is 0 Å². The number of carbonyl (C=O) groups is 1. The molecule has 2 atom stereocenters. The third kappa shape index (κ3) is 3.20. The zero-order chi connectivity index (χ0) is 13.0. The molecule has 0 spiro atoms. The number of carbonyl (C=O) groups excluding carboxylic acids is 1. The molecule has 0 N–H and O–H groups in total. The Kier molecular flexibility index (Phi) is 4.54. The van der Waals surface area contributed by atoms with Gasteiger partial charge in [-0.1, -0.05) is 24.3 Å². The lowest BCUT2D eigenvalue weighted by atomic mass is 9.80. The van der Waals surface area contributed by atoms with Gasteiger partial charge in [-0.25, -0.2) is 0 Å². The fourth-order valence-corrected chi connectivity index (χ4v) is 2.83. The zero-order valence-corrected chi connectivity index (χ0v) is 11.3. The van der Waals surface area contributed by atoms with Crippen molar-refractivity contribution in [1.82, 2.24) is 0 Å². The van der Waals surface area contributed by atoms with Crippen molar-refractivity contribution in [2.45, 2.75) is 51.0 Å². The Balaban J connectivity index is 2.01. The molecule has 18 heavy (non-hydrogen) atoms. The molecule has 1 aromatic rings. The number of hydrogen-bond donors (Lipinski definition) is 0. The summed E-state index contributed by atoms with van der Waals surface area (Å²) >= 11 is 0. The maximum absolute atomic E-state index is 12.0. The summed E-state index contributed by atoms with van der Waals surface area (Å²) < 4.78 is 5.16. The number of ether oxygens (including phenoxy) is 1. The number of benzene rings is 1. The fraction of sp³-hybridized carbons (Fsp3) is 0.562. The van der Waals surface area contributed by atoms with Crippen LogP contribution in [0.5, 0.6) is 0 Å². The number of fused-ring (bicyclic) bond motifs is 1. The van der Waals surface area contributed by atoms with Crippen molar-refractivity contribution in [2.75, 3.05) is 7.11 Å². The van der Waals surface area contributed by atoms with Crippen LogP contribution in [0.3, 0.4) is 0 Å². The van der Waals surface area contributed by atoms with Gasteiger partial charge in [0.15, 0.2) is 0 Å². The highest BCUT2D eigenvalue weighted by Gasteiger charge is 2.22. The lowest BCUT2D eigenvalue weighted by Gasteiger charge is -2.25. The van der Waals surface area contributed by atoms with Crippen molar-refractivity contribution < 1.29 is 9.53 Å². The summed E-state index contributed by atoms with van der Waals surface area (Å²) in [7, 11) is 1.66. The molecule has 1 aliphatic carbocycles.